The Kier molecular flexibility index (Phi) is 2.29. The van der Waals surface area contributed by atoms with E-state index in [0.717, 1.165) is 0 Å². The average Bonchev–Trinajstić information content (AvgIpc) is 2.56. The zero-order valence-corrected chi connectivity index (χ0v) is 10.4. The van der Waals surface area contributed by atoms with Gasteiger partial charge in [0.05, 0.1) is 12.0 Å². The number of carbonyl (C=O) groups excluding carboxylic acids is 2. The highest BCUT2D eigenvalue weighted by molar-refractivity contribution is 5.96. The minimum absolute atomic E-state index is 0.158. The molecule has 1 unspecified atom stereocenters. The van der Waals surface area contributed by atoms with E-state index in [1.807, 2.05) is 20.8 Å². The molecular formula is C13H17NO3. The zero-order chi connectivity index (χ0) is 12.9. The summed E-state index contributed by atoms with van der Waals surface area (Å²) in [5.41, 5.74) is -2.12. The third kappa shape index (κ3) is 1.14. The van der Waals surface area contributed by atoms with Crippen LogP contribution in [0, 0.1) is 23.2 Å². The smallest absolute Gasteiger partial charge is 0.313 e. The maximum absolute atomic E-state index is 12.2. The van der Waals surface area contributed by atoms with Gasteiger partial charge >= 0.3 is 5.97 Å². The normalized spacial score (nSPS) is 37.4. The van der Waals surface area contributed by atoms with Crippen molar-refractivity contribution in [3.05, 3.63) is 0 Å². The van der Waals surface area contributed by atoms with Crippen LogP contribution < -0.4 is 5.32 Å². The van der Waals surface area contributed by atoms with Gasteiger partial charge in [-0.15, -0.1) is 6.42 Å². The molecule has 92 valence electrons. The Hall–Kier alpha value is -1.50. The van der Waals surface area contributed by atoms with Crippen LogP contribution >= 0.6 is 0 Å². The summed E-state index contributed by atoms with van der Waals surface area (Å²) >= 11 is 0. The lowest BCUT2D eigenvalue weighted by Gasteiger charge is -2.35. The minimum atomic E-state index is -1.05. The van der Waals surface area contributed by atoms with E-state index < -0.39 is 16.4 Å². The average molecular weight is 235 g/mol. The van der Waals surface area contributed by atoms with Gasteiger partial charge in [0, 0.05) is 5.41 Å². The number of ether oxygens (including phenoxy) is 1. The number of esters is 1. The van der Waals surface area contributed by atoms with Crippen LogP contribution in [-0.2, 0) is 14.3 Å². The number of rotatable bonds is 2. The second kappa shape index (κ2) is 3.25. The van der Waals surface area contributed by atoms with E-state index in [4.69, 9.17) is 11.2 Å². The fourth-order valence-corrected chi connectivity index (χ4v) is 3.02. The summed E-state index contributed by atoms with van der Waals surface area (Å²) < 4.78 is 5.41. The molecular weight excluding hydrogens is 218 g/mol. The van der Waals surface area contributed by atoms with Gasteiger partial charge in [-0.25, -0.2) is 0 Å². The Morgan fingerprint density at radius 3 is 2.53 bits per heavy atom. The number of nitrogens with one attached hydrogen (secondary N) is 1. The number of hydrogen-bond acceptors (Lipinski definition) is 3. The predicted molar refractivity (Wildman–Crippen MR) is 61.8 cm³/mol. The van der Waals surface area contributed by atoms with Gasteiger partial charge in [0.15, 0.2) is 5.60 Å². The summed E-state index contributed by atoms with van der Waals surface area (Å²) in [7, 11) is 0. The summed E-state index contributed by atoms with van der Waals surface area (Å²) in [5.74, 6) is 1.81. The first-order valence-electron chi connectivity index (χ1n) is 5.77. The van der Waals surface area contributed by atoms with Crippen molar-refractivity contribution in [2.75, 3.05) is 6.54 Å². The highest BCUT2D eigenvalue weighted by Gasteiger charge is 2.75. The van der Waals surface area contributed by atoms with Crippen molar-refractivity contribution in [3.8, 4) is 12.3 Å². The Morgan fingerprint density at radius 2 is 2.12 bits per heavy atom. The number of carbonyl (C=O) groups is 2. The zero-order valence-electron chi connectivity index (χ0n) is 10.4. The summed E-state index contributed by atoms with van der Waals surface area (Å²) in [4.78, 5) is 24.1. The van der Waals surface area contributed by atoms with Crippen LogP contribution in [-0.4, -0.2) is 24.0 Å². The van der Waals surface area contributed by atoms with Gasteiger partial charge in [-0.2, -0.15) is 0 Å². The van der Waals surface area contributed by atoms with Crippen LogP contribution in [0.3, 0.4) is 0 Å². The molecule has 0 aromatic rings. The predicted octanol–water partition coefficient (Wildman–Crippen LogP) is 0.858. The lowest BCUT2D eigenvalue weighted by molar-refractivity contribution is -0.168. The van der Waals surface area contributed by atoms with Gasteiger partial charge in [-0.05, 0) is 19.8 Å². The molecule has 17 heavy (non-hydrogen) atoms. The van der Waals surface area contributed by atoms with Crippen LogP contribution in [0.15, 0.2) is 0 Å². The number of amides is 1. The van der Waals surface area contributed by atoms with Crippen molar-refractivity contribution in [2.24, 2.45) is 10.8 Å². The molecule has 0 aromatic heterocycles. The molecule has 1 aliphatic heterocycles. The fourth-order valence-electron chi connectivity index (χ4n) is 3.02. The van der Waals surface area contributed by atoms with Crippen molar-refractivity contribution >= 4 is 11.9 Å². The van der Waals surface area contributed by atoms with Crippen molar-refractivity contribution in [3.63, 3.8) is 0 Å². The Morgan fingerprint density at radius 1 is 1.47 bits per heavy atom. The molecule has 0 spiro atoms. The summed E-state index contributed by atoms with van der Waals surface area (Å²) in [5, 5.41) is 2.63. The lowest BCUT2D eigenvalue weighted by atomic mass is 9.66. The second-order valence-electron chi connectivity index (χ2n) is 5.56. The van der Waals surface area contributed by atoms with Gasteiger partial charge in [0.25, 0.3) is 5.91 Å². The third-order valence-electron chi connectivity index (χ3n) is 4.80. The molecule has 2 bridgehead atoms. The molecule has 1 saturated heterocycles. The maximum Gasteiger partial charge on any atom is 0.313 e. The van der Waals surface area contributed by atoms with E-state index in [9.17, 15) is 9.59 Å². The van der Waals surface area contributed by atoms with E-state index >= 15 is 0 Å². The van der Waals surface area contributed by atoms with Gasteiger partial charge in [-0.1, -0.05) is 19.8 Å². The largest absolute Gasteiger partial charge is 0.448 e. The minimum Gasteiger partial charge on any atom is -0.448 e. The molecule has 2 atom stereocenters. The van der Waals surface area contributed by atoms with Gasteiger partial charge < -0.3 is 10.1 Å². The molecule has 2 fully saturated rings. The second-order valence-corrected chi connectivity index (χ2v) is 5.56. The Balaban J connectivity index is 2.37. The first-order valence-corrected chi connectivity index (χ1v) is 5.77. The maximum atomic E-state index is 12.2. The molecule has 4 heteroatoms. The first kappa shape index (κ1) is 12.0. The van der Waals surface area contributed by atoms with E-state index in [0.29, 0.717) is 12.8 Å². The van der Waals surface area contributed by atoms with Crippen molar-refractivity contribution in [1.29, 1.82) is 0 Å². The molecule has 1 heterocycles. The van der Waals surface area contributed by atoms with Crippen molar-refractivity contribution in [2.45, 2.75) is 39.2 Å². The van der Waals surface area contributed by atoms with Crippen molar-refractivity contribution in [1.82, 2.24) is 5.32 Å². The first-order chi connectivity index (χ1) is 7.82. The quantitative estimate of drug-likeness (QED) is 0.570. The van der Waals surface area contributed by atoms with Crippen LogP contribution in [0.2, 0.25) is 0 Å². The van der Waals surface area contributed by atoms with Crippen LogP contribution in [0.25, 0.3) is 0 Å². The van der Waals surface area contributed by atoms with E-state index in [1.165, 1.54) is 0 Å². The standard InChI is InChI=1S/C13H17NO3/c1-5-8-14-9(15)13-7-6-12(4,10(16)17-13)11(13,2)3/h1H,6-8H2,2-4H3,(H,14,15)/t12-,13?/m0/s1. The van der Waals surface area contributed by atoms with Gasteiger partial charge in [0.2, 0.25) is 0 Å². The third-order valence-corrected chi connectivity index (χ3v) is 4.80. The Bertz CT molecular complexity index is 434. The molecule has 2 rings (SSSR count). The van der Waals surface area contributed by atoms with Crippen LogP contribution in [0.4, 0.5) is 0 Å². The topological polar surface area (TPSA) is 55.4 Å². The number of hydrogen-bond donors (Lipinski definition) is 1. The summed E-state index contributed by atoms with van der Waals surface area (Å²) in [6, 6.07) is 0. The molecule has 1 aliphatic carbocycles. The molecule has 4 nitrogen and oxygen atoms in total. The Labute approximate surface area is 101 Å². The van der Waals surface area contributed by atoms with E-state index in [-0.39, 0.29) is 18.4 Å². The van der Waals surface area contributed by atoms with Crippen molar-refractivity contribution < 1.29 is 14.3 Å². The summed E-state index contributed by atoms with van der Waals surface area (Å²) in [6.45, 7) is 5.87. The van der Waals surface area contributed by atoms with Gasteiger partial charge in [-0.3, -0.25) is 9.59 Å². The number of fused-ring (bicyclic) bond motifs is 2. The van der Waals surface area contributed by atoms with E-state index in [1.54, 1.807) is 0 Å². The highest BCUT2D eigenvalue weighted by Crippen LogP contribution is 2.65. The monoisotopic (exact) mass is 235 g/mol. The lowest BCUT2D eigenvalue weighted by Crippen LogP contribution is -2.53. The van der Waals surface area contributed by atoms with Crippen LogP contribution in [0.5, 0.6) is 0 Å². The molecule has 1 N–H and O–H groups in total. The number of terminal acetylenes is 1. The molecule has 0 radical (unpaired) electrons. The molecule has 0 aromatic carbocycles. The fraction of sp³-hybridized carbons (Fsp3) is 0.692. The SMILES string of the molecule is C#CCNC(=O)C12CC[C@@](C)(C(=O)O1)C2(C)C. The highest BCUT2D eigenvalue weighted by atomic mass is 16.6. The summed E-state index contributed by atoms with van der Waals surface area (Å²) in [6.07, 6.45) is 6.37. The molecule has 1 amide bonds. The molecule has 1 saturated carbocycles. The molecule has 2 aliphatic rings. The van der Waals surface area contributed by atoms with Gasteiger partial charge in [0.1, 0.15) is 0 Å². The van der Waals surface area contributed by atoms with E-state index in [2.05, 4.69) is 11.2 Å². The van der Waals surface area contributed by atoms with Crippen LogP contribution in [0.1, 0.15) is 33.6 Å².